The summed E-state index contributed by atoms with van der Waals surface area (Å²) in [4.78, 5) is 3.61. The molecule has 0 fully saturated rings. The van der Waals surface area contributed by atoms with Crippen LogP contribution < -0.4 is 0 Å². The van der Waals surface area contributed by atoms with Crippen molar-refractivity contribution in [3.8, 4) is 12.6 Å². The fourth-order valence-corrected chi connectivity index (χ4v) is 1.06. The molecule has 0 saturated carbocycles. The van der Waals surface area contributed by atoms with E-state index in [9.17, 15) is 0 Å². The van der Waals surface area contributed by atoms with Gasteiger partial charge in [0.25, 0.3) is 6.57 Å². The van der Waals surface area contributed by atoms with Gasteiger partial charge >= 0.3 is 5.69 Å². The second kappa shape index (κ2) is 3.55. The van der Waals surface area contributed by atoms with Crippen molar-refractivity contribution < 1.29 is 0 Å². The Morgan fingerprint density at radius 3 is 2.83 bits per heavy atom. The highest BCUT2D eigenvalue weighted by atomic mass is 14.6. The maximum atomic E-state index is 8.61. The summed E-state index contributed by atoms with van der Waals surface area (Å²) in [6.45, 7) is 7.16. The summed E-state index contributed by atoms with van der Waals surface area (Å²) in [5.41, 5.74) is 2.42. The van der Waals surface area contributed by atoms with Crippen molar-refractivity contribution in [2.75, 3.05) is 0 Å². The van der Waals surface area contributed by atoms with Gasteiger partial charge in [0.1, 0.15) is 0 Å². The minimum Gasteiger partial charge on any atom is -0.192 e. The number of aryl methyl sites for hydroxylation is 1. The van der Waals surface area contributed by atoms with E-state index < -0.39 is 0 Å². The molecule has 58 valence electrons. The van der Waals surface area contributed by atoms with Gasteiger partial charge in [-0.25, -0.2) is 0 Å². The Morgan fingerprint density at radius 1 is 1.58 bits per heavy atom. The Bertz CT molecular complexity index is 366. The van der Waals surface area contributed by atoms with Crippen molar-refractivity contribution in [2.45, 2.75) is 13.3 Å². The predicted molar refractivity (Wildman–Crippen MR) is 48.5 cm³/mol. The van der Waals surface area contributed by atoms with Gasteiger partial charge in [0.05, 0.1) is 11.6 Å². The van der Waals surface area contributed by atoms with E-state index in [4.69, 9.17) is 11.8 Å². The SMILES string of the molecule is C#[N+]c1ccc(C#N)cc1CC. The molecule has 0 amide bonds. The first-order valence-electron chi connectivity index (χ1n) is 3.75. The van der Waals surface area contributed by atoms with Crippen molar-refractivity contribution in [1.29, 1.82) is 5.26 Å². The Balaban J connectivity index is 3.24. The van der Waals surface area contributed by atoms with Crippen LogP contribution in [0.2, 0.25) is 0 Å². The highest BCUT2D eigenvalue weighted by Crippen LogP contribution is 2.20. The lowest BCUT2D eigenvalue weighted by molar-refractivity contribution is 1.14. The van der Waals surface area contributed by atoms with Crippen LogP contribution in [0.5, 0.6) is 0 Å². The van der Waals surface area contributed by atoms with E-state index in [0.29, 0.717) is 5.56 Å². The van der Waals surface area contributed by atoms with Crippen molar-refractivity contribution in [1.82, 2.24) is 0 Å². The minimum atomic E-state index is 0.652. The molecule has 0 spiro atoms. The summed E-state index contributed by atoms with van der Waals surface area (Å²) in [5.74, 6) is 0. The van der Waals surface area contributed by atoms with Gasteiger partial charge in [0.15, 0.2) is 0 Å². The van der Waals surface area contributed by atoms with Crippen molar-refractivity contribution in [3.63, 3.8) is 0 Å². The maximum Gasteiger partial charge on any atom is 0.343 e. The Kier molecular flexibility index (Phi) is 2.46. The van der Waals surface area contributed by atoms with Crippen LogP contribution in [0.3, 0.4) is 0 Å². The van der Waals surface area contributed by atoms with E-state index in [1.807, 2.05) is 13.0 Å². The molecule has 12 heavy (non-hydrogen) atoms. The molecule has 0 atom stereocenters. The number of nitrogens with zero attached hydrogens (tertiary/aromatic N) is 2. The summed E-state index contributed by atoms with van der Waals surface area (Å²) in [6.07, 6.45) is 0.839. The quantitative estimate of drug-likeness (QED) is 0.616. The summed E-state index contributed by atoms with van der Waals surface area (Å²) >= 11 is 0. The van der Waals surface area contributed by atoms with Crippen molar-refractivity contribution in [3.05, 3.63) is 34.2 Å². The highest BCUT2D eigenvalue weighted by Gasteiger charge is 2.08. The molecule has 0 N–H and O–H groups in total. The van der Waals surface area contributed by atoms with Gasteiger partial charge in [0.2, 0.25) is 0 Å². The first-order chi connectivity index (χ1) is 5.81. The molecule has 0 bridgehead atoms. The third-order valence-corrected chi connectivity index (χ3v) is 1.73. The summed E-state index contributed by atoms with van der Waals surface area (Å²) < 4.78 is 0. The number of rotatable bonds is 1. The molecule has 1 aromatic rings. The van der Waals surface area contributed by atoms with Crippen LogP contribution in [0, 0.1) is 17.9 Å². The highest BCUT2D eigenvalue weighted by molar-refractivity contribution is 5.55. The largest absolute Gasteiger partial charge is 0.343 e. The smallest absolute Gasteiger partial charge is 0.192 e. The normalized spacial score (nSPS) is 8.58. The van der Waals surface area contributed by atoms with E-state index in [1.54, 1.807) is 12.1 Å². The molecule has 0 aliphatic heterocycles. The van der Waals surface area contributed by atoms with Crippen LogP contribution >= 0.6 is 0 Å². The summed E-state index contributed by atoms with van der Waals surface area (Å²) in [6, 6.07) is 7.36. The van der Waals surface area contributed by atoms with Gasteiger partial charge in [-0.2, -0.15) is 5.26 Å². The molecule has 2 nitrogen and oxygen atoms in total. The Morgan fingerprint density at radius 2 is 2.33 bits per heavy atom. The van der Waals surface area contributed by atoms with Gasteiger partial charge < -0.3 is 0 Å². The standard InChI is InChI=1S/C10H9N2/c1-3-9-6-8(7-11)4-5-10(9)12-2/h2,4-6H,3H2,1H3/q+1. The van der Waals surface area contributed by atoms with Crippen LogP contribution in [-0.2, 0) is 6.42 Å². The van der Waals surface area contributed by atoms with Gasteiger partial charge in [-0.1, -0.05) is 6.92 Å². The third kappa shape index (κ3) is 1.44. The zero-order chi connectivity index (χ0) is 8.97. The summed E-state index contributed by atoms with van der Waals surface area (Å²) in [7, 11) is 0. The van der Waals surface area contributed by atoms with E-state index >= 15 is 0 Å². The fourth-order valence-electron chi connectivity index (χ4n) is 1.06. The molecular formula is C10H9N2+. The number of hydrogen-bond acceptors (Lipinski definition) is 1. The lowest BCUT2D eigenvalue weighted by atomic mass is 10.1. The van der Waals surface area contributed by atoms with E-state index in [2.05, 4.69) is 10.9 Å². The van der Waals surface area contributed by atoms with Crippen LogP contribution in [0.25, 0.3) is 4.85 Å². The molecule has 1 aromatic carbocycles. The zero-order valence-corrected chi connectivity index (χ0v) is 6.91. The van der Waals surface area contributed by atoms with Crippen LogP contribution in [0.4, 0.5) is 5.69 Å². The molecule has 0 aliphatic carbocycles. The molecule has 0 radical (unpaired) electrons. The van der Waals surface area contributed by atoms with Crippen LogP contribution in [0.15, 0.2) is 18.2 Å². The second-order valence-electron chi connectivity index (χ2n) is 2.44. The van der Waals surface area contributed by atoms with E-state index in [1.165, 1.54) is 0 Å². The average molecular weight is 157 g/mol. The Hall–Kier alpha value is -1.80. The first-order valence-corrected chi connectivity index (χ1v) is 3.75. The first kappa shape index (κ1) is 8.30. The van der Waals surface area contributed by atoms with Gasteiger partial charge in [-0.05, 0) is 23.4 Å². The van der Waals surface area contributed by atoms with Gasteiger partial charge in [-0.3, -0.25) is 0 Å². The molecule has 0 unspecified atom stereocenters. The third-order valence-electron chi connectivity index (χ3n) is 1.73. The molecule has 0 saturated heterocycles. The van der Waals surface area contributed by atoms with Gasteiger partial charge in [0, 0.05) is 11.6 Å². The summed E-state index contributed by atoms with van der Waals surface area (Å²) in [5, 5.41) is 8.61. The molecule has 0 aliphatic rings. The number of nitriles is 1. The molecular weight excluding hydrogens is 148 g/mol. The lowest BCUT2D eigenvalue weighted by Crippen LogP contribution is -1.82. The Labute approximate surface area is 71.9 Å². The predicted octanol–water partition coefficient (Wildman–Crippen LogP) is 2.71. The van der Waals surface area contributed by atoms with Gasteiger partial charge in [-0.15, -0.1) is 0 Å². The lowest BCUT2D eigenvalue weighted by Gasteiger charge is -1.92. The van der Waals surface area contributed by atoms with E-state index in [0.717, 1.165) is 17.7 Å². The molecule has 2 heteroatoms. The van der Waals surface area contributed by atoms with E-state index in [-0.39, 0.29) is 0 Å². The van der Waals surface area contributed by atoms with Crippen LogP contribution in [0.1, 0.15) is 18.1 Å². The monoisotopic (exact) mass is 157 g/mol. The maximum absolute atomic E-state index is 8.61. The van der Waals surface area contributed by atoms with Crippen molar-refractivity contribution in [2.24, 2.45) is 0 Å². The average Bonchev–Trinajstić information content (AvgIpc) is 2.16. The molecule has 0 heterocycles. The zero-order valence-electron chi connectivity index (χ0n) is 6.91. The van der Waals surface area contributed by atoms with Crippen molar-refractivity contribution >= 4 is 5.69 Å². The molecule has 0 aromatic heterocycles. The fraction of sp³-hybridized carbons (Fsp3) is 0.200. The topological polar surface area (TPSA) is 28.1 Å². The minimum absolute atomic E-state index is 0.652. The second-order valence-corrected chi connectivity index (χ2v) is 2.44. The van der Waals surface area contributed by atoms with Crippen LogP contribution in [-0.4, -0.2) is 0 Å². The number of hydrogen-bond donors (Lipinski definition) is 0. The molecule has 1 rings (SSSR count). The number of benzene rings is 1.